The number of aromatic nitrogens is 1. The molecule has 1 atom stereocenters. The van der Waals surface area contributed by atoms with Gasteiger partial charge in [0.05, 0.1) is 12.5 Å². The Kier molecular flexibility index (Phi) is 3.25. The maximum Gasteiger partial charge on any atom is 0.198 e. The van der Waals surface area contributed by atoms with E-state index in [0.29, 0.717) is 18.2 Å². The molecule has 3 heteroatoms. The molecule has 0 bridgehead atoms. The Labute approximate surface area is 95.1 Å². The third-order valence-electron chi connectivity index (χ3n) is 2.49. The van der Waals surface area contributed by atoms with Crippen LogP contribution in [0.15, 0.2) is 28.7 Å². The lowest BCUT2D eigenvalue weighted by atomic mass is 10.0. The first-order chi connectivity index (χ1) is 7.65. The van der Waals surface area contributed by atoms with Gasteiger partial charge in [0.15, 0.2) is 11.5 Å². The van der Waals surface area contributed by atoms with Crippen LogP contribution in [0.25, 0.3) is 11.1 Å². The third-order valence-corrected chi connectivity index (χ3v) is 2.49. The van der Waals surface area contributed by atoms with E-state index in [9.17, 15) is 5.11 Å². The molecule has 0 amide bonds. The predicted octanol–water partition coefficient (Wildman–Crippen LogP) is 2.78. The summed E-state index contributed by atoms with van der Waals surface area (Å²) in [5.41, 5.74) is 1.64. The van der Waals surface area contributed by atoms with Gasteiger partial charge >= 0.3 is 0 Å². The van der Waals surface area contributed by atoms with Gasteiger partial charge in [-0.15, -0.1) is 0 Å². The Morgan fingerprint density at radius 1 is 1.31 bits per heavy atom. The zero-order valence-corrected chi connectivity index (χ0v) is 9.68. The summed E-state index contributed by atoms with van der Waals surface area (Å²) >= 11 is 0. The summed E-state index contributed by atoms with van der Waals surface area (Å²) in [6.07, 6.45) is 0.902. The van der Waals surface area contributed by atoms with Gasteiger partial charge in [-0.2, -0.15) is 0 Å². The molecule has 1 aromatic heterocycles. The van der Waals surface area contributed by atoms with Gasteiger partial charge in [-0.05, 0) is 24.5 Å². The minimum Gasteiger partial charge on any atom is -0.441 e. The topological polar surface area (TPSA) is 46.3 Å². The molecule has 1 N–H and O–H groups in total. The Hall–Kier alpha value is -1.35. The van der Waals surface area contributed by atoms with Crippen LogP contribution in [-0.2, 0) is 6.42 Å². The van der Waals surface area contributed by atoms with Gasteiger partial charge in [0.1, 0.15) is 5.52 Å². The van der Waals surface area contributed by atoms with Crippen LogP contribution in [0.4, 0.5) is 0 Å². The van der Waals surface area contributed by atoms with Crippen molar-refractivity contribution in [1.29, 1.82) is 0 Å². The van der Waals surface area contributed by atoms with Crippen LogP contribution in [-0.4, -0.2) is 16.2 Å². The highest BCUT2D eigenvalue weighted by molar-refractivity contribution is 5.72. The van der Waals surface area contributed by atoms with E-state index < -0.39 is 0 Å². The number of nitrogens with zero attached hydrogens (tertiary/aromatic N) is 1. The molecule has 0 aliphatic carbocycles. The van der Waals surface area contributed by atoms with Gasteiger partial charge in [-0.3, -0.25) is 0 Å². The summed E-state index contributed by atoms with van der Waals surface area (Å²) < 4.78 is 5.55. The predicted molar refractivity (Wildman–Crippen MR) is 63.2 cm³/mol. The van der Waals surface area contributed by atoms with Crippen LogP contribution < -0.4 is 0 Å². The quantitative estimate of drug-likeness (QED) is 0.860. The first kappa shape index (κ1) is 11.1. The second kappa shape index (κ2) is 4.66. The van der Waals surface area contributed by atoms with E-state index in [1.54, 1.807) is 0 Å². The first-order valence-electron chi connectivity index (χ1n) is 5.67. The number of benzene rings is 1. The molecule has 2 aromatic rings. The highest BCUT2D eigenvalue weighted by Gasteiger charge is 2.12. The van der Waals surface area contributed by atoms with Gasteiger partial charge in [-0.25, -0.2) is 4.98 Å². The maximum atomic E-state index is 9.80. The molecular weight excluding hydrogens is 202 g/mol. The number of fused-ring (bicyclic) bond motifs is 1. The lowest BCUT2D eigenvalue weighted by Crippen LogP contribution is -2.13. The van der Waals surface area contributed by atoms with Crippen LogP contribution in [0.5, 0.6) is 0 Å². The van der Waals surface area contributed by atoms with Crippen molar-refractivity contribution in [3.63, 3.8) is 0 Å². The molecule has 0 saturated carbocycles. The number of hydrogen-bond donors (Lipinski definition) is 1. The number of hydrogen-bond acceptors (Lipinski definition) is 3. The monoisotopic (exact) mass is 219 g/mol. The van der Waals surface area contributed by atoms with Gasteiger partial charge in [0.2, 0.25) is 0 Å². The van der Waals surface area contributed by atoms with Gasteiger partial charge in [0.25, 0.3) is 0 Å². The van der Waals surface area contributed by atoms with E-state index >= 15 is 0 Å². The normalized spacial score (nSPS) is 13.5. The standard InChI is InChI=1S/C13H17NO2/c1-9(2)7-10(15)8-13-14-11-5-3-4-6-12(11)16-13/h3-6,9-10,15H,7-8H2,1-2H3. The SMILES string of the molecule is CC(C)CC(O)Cc1nc2ccccc2o1. The summed E-state index contributed by atoms with van der Waals surface area (Å²) in [7, 11) is 0. The fourth-order valence-electron chi connectivity index (χ4n) is 1.84. The number of para-hydroxylation sites is 2. The Bertz CT molecular complexity index is 429. The molecule has 0 spiro atoms. The number of aliphatic hydroxyl groups is 1. The van der Waals surface area contributed by atoms with Crippen molar-refractivity contribution in [3.05, 3.63) is 30.2 Å². The molecular formula is C13H17NO2. The smallest absolute Gasteiger partial charge is 0.198 e. The van der Waals surface area contributed by atoms with E-state index in [1.165, 1.54) is 0 Å². The van der Waals surface area contributed by atoms with E-state index in [0.717, 1.165) is 17.5 Å². The van der Waals surface area contributed by atoms with E-state index in [4.69, 9.17) is 4.42 Å². The minimum atomic E-state index is -0.368. The number of oxazole rings is 1. The Morgan fingerprint density at radius 2 is 2.06 bits per heavy atom. The summed E-state index contributed by atoms with van der Waals surface area (Å²) in [5, 5.41) is 9.80. The number of rotatable bonds is 4. The van der Waals surface area contributed by atoms with Crippen molar-refractivity contribution in [3.8, 4) is 0 Å². The average molecular weight is 219 g/mol. The molecule has 1 heterocycles. The maximum absolute atomic E-state index is 9.80. The van der Waals surface area contributed by atoms with Crippen molar-refractivity contribution in [1.82, 2.24) is 4.98 Å². The highest BCUT2D eigenvalue weighted by Crippen LogP contribution is 2.17. The molecule has 86 valence electrons. The fraction of sp³-hybridized carbons (Fsp3) is 0.462. The molecule has 0 aliphatic rings. The van der Waals surface area contributed by atoms with E-state index in [-0.39, 0.29) is 6.10 Å². The molecule has 0 radical (unpaired) electrons. The van der Waals surface area contributed by atoms with Crippen molar-refractivity contribution >= 4 is 11.1 Å². The molecule has 0 aliphatic heterocycles. The molecule has 0 fully saturated rings. The van der Waals surface area contributed by atoms with Crippen LogP contribution >= 0.6 is 0 Å². The van der Waals surface area contributed by atoms with E-state index in [2.05, 4.69) is 18.8 Å². The molecule has 1 unspecified atom stereocenters. The fourth-order valence-corrected chi connectivity index (χ4v) is 1.84. The molecule has 0 saturated heterocycles. The summed E-state index contributed by atoms with van der Waals surface area (Å²) in [4.78, 5) is 4.33. The number of aliphatic hydroxyl groups excluding tert-OH is 1. The van der Waals surface area contributed by atoms with Crippen LogP contribution in [0.3, 0.4) is 0 Å². The minimum absolute atomic E-state index is 0.368. The van der Waals surface area contributed by atoms with Crippen LogP contribution in [0.2, 0.25) is 0 Å². The van der Waals surface area contributed by atoms with Crippen molar-refractivity contribution < 1.29 is 9.52 Å². The Morgan fingerprint density at radius 3 is 2.75 bits per heavy atom. The Balaban J connectivity index is 2.09. The largest absolute Gasteiger partial charge is 0.441 e. The molecule has 2 rings (SSSR count). The lowest BCUT2D eigenvalue weighted by molar-refractivity contribution is 0.141. The zero-order valence-electron chi connectivity index (χ0n) is 9.68. The summed E-state index contributed by atoms with van der Waals surface area (Å²) in [6.45, 7) is 4.19. The summed E-state index contributed by atoms with van der Waals surface area (Å²) in [5.74, 6) is 1.11. The van der Waals surface area contributed by atoms with Gasteiger partial charge in [0, 0.05) is 0 Å². The van der Waals surface area contributed by atoms with Crippen LogP contribution in [0.1, 0.15) is 26.2 Å². The molecule has 16 heavy (non-hydrogen) atoms. The van der Waals surface area contributed by atoms with Crippen molar-refractivity contribution in [2.45, 2.75) is 32.8 Å². The van der Waals surface area contributed by atoms with E-state index in [1.807, 2.05) is 24.3 Å². The second-order valence-electron chi connectivity index (χ2n) is 4.56. The second-order valence-corrected chi connectivity index (χ2v) is 4.56. The summed E-state index contributed by atoms with van der Waals surface area (Å²) in [6, 6.07) is 7.65. The highest BCUT2D eigenvalue weighted by atomic mass is 16.4. The average Bonchev–Trinajstić information content (AvgIpc) is 2.57. The third kappa shape index (κ3) is 2.61. The first-order valence-corrected chi connectivity index (χ1v) is 5.67. The molecule has 1 aromatic carbocycles. The molecule has 3 nitrogen and oxygen atoms in total. The zero-order chi connectivity index (χ0) is 11.5. The van der Waals surface area contributed by atoms with Gasteiger partial charge in [-0.1, -0.05) is 26.0 Å². The van der Waals surface area contributed by atoms with Gasteiger partial charge < -0.3 is 9.52 Å². The van der Waals surface area contributed by atoms with Crippen molar-refractivity contribution in [2.24, 2.45) is 5.92 Å². The lowest BCUT2D eigenvalue weighted by Gasteiger charge is -2.10. The van der Waals surface area contributed by atoms with Crippen molar-refractivity contribution in [2.75, 3.05) is 0 Å². The van der Waals surface area contributed by atoms with Crippen LogP contribution in [0, 0.1) is 5.92 Å².